The Morgan fingerprint density at radius 1 is 1.08 bits per heavy atom. The van der Waals surface area contributed by atoms with E-state index in [-0.39, 0.29) is 58.6 Å². The van der Waals surface area contributed by atoms with Crippen molar-refractivity contribution in [3.63, 3.8) is 0 Å². The average molecular weight is 716 g/mol. The number of anilines is 1. The lowest BCUT2D eigenvalue weighted by Gasteiger charge is -2.37. The number of halogens is 3. The van der Waals surface area contributed by atoms with Crippen molar-refractivity contribution in [1.29, 1.82) is 0 Å². The number of aliphatic imine (C=N–C) groups is 1. The number of carbonyl (C=O) groups excluding carboxylic acids is 3. The molecule has 0 saturated carbocycles. The maximum atomic E-state index is 13.5. The molecule has 6 rings (SSSR count). The van der Waals surface area contributed by atoms with E-state index in [1.807, 2.05) is 6.92 Å². The number of amides is 2. The Bertz CT molecular complexity index is 1670. The fourth-order valence-corrected chi connectivity index (χ4v) is 6.59. The Balaban J connectivity index is 1.10. The van der Waals surface area contributed by atoms with E-state index >= 15 is 0 Å². The largest absolute Gasteiger partial charge is 0.466 e. The smallest absolute Gasteiger partial charge is 0.387 e. The number of fused-ring (bicyclic) bond motifs is 1. The van der Waals surface area contributed by atoms with Crippen LogP contribution in [0.25, 0.3) is 11.3 Å². The van der Waals surface area contributed by atoms with E-state index in [2.05, 4.69) is 30.6 Å². The van der Waals surface area contributed by atoms with Gasteiger partial charge in [-0.25, -0.2) is 10.4 Å². The zero-order valence-electron chi connectivity index (χ0n) is 27.7. The van der Waals surface area contributed by atoms with Gasteiger partial charge < -0.3 is 24.6 Å². The highest BCUT2D eigenvalue weighted by molar-refractivity contribution is 6.31. The molecule has 2 fully saturated rings. The van der Waals surface area contributed by atoms with Crippen molar-refractivity contribution in [3.05, 3.63) is 53.1 Å². The summed E-state index contributed by atoms with van der Waals surface area (Å²) in [5, 5.41) is 9.25. The second-order valence-corrected chi connectivity index (χ2v) is 12.7. The van der Waals surface area contributed by atoms with Gasteiger partial charge in [0.25, 0.3) is 5.91 Å². The third-order valence-electron chi connectivity index (χ3n) is 9.10. The fourth-order valence-electron chi connectivity index (χ4n) is 6.42. The molecule has 0 unspecified atom stereocenters. The van der Waals surface area contributed by atoms with Crippen LogP contribution < -0.4 is 15.5 Å². The summed E-state index contributed by atoms with van der Waals surface area (Å²) in [6, 6.07) is 4.13. The summed E-state index contributed by atoms with van der Waals surface area (Å²) in [6.45, 7) is 5.19. The van der Waals surface area contributed by atoms with Gasteiger partial charge in [0.2, 0.25) is 5.91 Å². The summed E-state index contributed by atoms with van der Waals surface area (Å²) in [5.41, 5.74) is 3.82. The quantitative estimate of drug-likeness (QED) is 0.316. The van der Waals surface area contributed by atoms with E-state index in [0.29, 0.717) is 44.2 Å². The number of carbonyl (C=O) groups is 3. The standard InChI is InChI=1S/C33H40ClF2N9O5/c1-2-49-32(48)22-6-10-41(11-7-22)12-13-42-14-16-43(17-15-42)28(46)21-44-20-26(39-31(47)25-19-38-45-9-3-8-37-30(25)45)29(40-44)24-18-23(34)4-5-27(24)50-33(35)36/h3-5,8-9,18,20,22,33,38H,2,6-7,10-17,19,21H2,1H3,(H,39,47). The molecule has 50 heavy (non-hydrogen) atoms. The molecule has 2 saturated heterocycles. The molecule has 0 radical (unpaired) electrons. The second kappa shape index (κ2) is 16.1. The first-order valence-electron chi connectivity index (χ1n) is 16.7. The highest BCUT2D eigenvalue weighted by Crippen LogP contribution is 2.37. The highest BCUT2D eigenvalue weighted by atomic mass is 35.5. The number of nitrogens with one attached hydrogen (secondary N) is 2. The van der Waals surface area contributed by atoms with Crippen LogP contribution in [0.4, 0.5) is 14.5 Å². The number of nitrogens with zero attached hydrogens (tertiary/aromatic N) is 7. The number of hydrazine groups is 1. The first-order chi connectivity index (χ1) is 24.2. The molecule has 4 aliphatic rings. The minimum Gasteiger partial charge on any atom is -0.466 e. The number of rotatable bonds is 12. The van der Waals surface area contributed by atoms with Gasteiger partial charge >= 0.3 is 12.6 Å². The number of piperazine rings is 1. The summed E-state index contributed by atoms with van der Waals surface area (Å²) in [6.07, 6.45) is 8.13. The molecule has 1 aromatic carbocycles. The minimum atomic E-state index is -3.11. The number of esters is 1. The van der Waals surface area contributed by atoms with Crippen LogP contribution >= 0.6 is 11.6 Å². The van der Waals surface area contributed by atoms with E-state index in [4.69, 9.17) is 21.1 Å². The number of ether oxygens (including phenoxy) is 2. The zero-order valence-corrected chi connectivity index (χ0v) is 28.5. The average Bonchev–Trinajstić information content (AvgIpc) is 3.72. The molecule has 2 aromatic rings. The molecular formula is C33H40ClF2N9O5. The Morgan fingerprint density at radius 3 is 2.54 bits per heavy atom. The topological polar surface area (TPSA) is 137 Å². The van der Waals surface area contributed by atoms with Gasteiger partial charge in [-0.05, 0) is 57.1 Å². The maximum Gasteiger partial charge on any atom is 0.387 e. The first-order valence-corrected chi connectivity index (χ1v) is 17.1. The van der Waals surface area contributed by atoms with Crippen LogP contribution in [0, 0.1) is 5.92 Å². The van der Waals surface area contributed by atoms with Crippen LogP contribution in [-0.4, -0.2) is 126 Å². The lowest BCUT2D eigenvalue weighted by Crippen LogP contribution is -2.51. The number of piperidine rings is 1. The molecule has 0 bridgehead atoms. The molecule has 0 atom stereocenters. The normalized spacial score (nSPS) is 18.6. The number of benzene rings is 1. The van der Waals surface area contributed by atoms with Gasteiger partial charge in [0.05, 0.1) is 23.8 Å². The van der Waals surface area contributed by atoms with Crippen LogP contribution in [0.5, 0.6) is 5.75 Å². The predicted octanol–water partition coefficient (Wildman–Crippen LogP) is 2.79. The van der Waals surface area contributed by atoms with Crippen molar-refractivity contribution < 1.29 is 32.6 Å². The summed E-state index contributed by atoms with van der Waals surface area (Å²) in [5.74, 6) is -0.525. The van der Waals surface area contributed by atoms with Crippen molar-refractivity contribution >= 4 is 41.3 Å². The third-order valence-corrected chi connectivity index (χ3v) is 9.34. The third kappa shape index (κ3) is 8.49. The van der Waals surface area contributed by atoms with Gasteiger partial charge in [0.1, 0.15) is 18.0 Å². The van der Waals surface area contributed by atoms with E-state index in [1.165, 1.54) is 29.1 Å². The highest BCUT2D eigenvalue weighted by Gasteiger charge is 2.30. The van der Waals surface area contributed by atoms with Crippen LogP contribution in [0.3, 0.4) is 0 Å². The molecule has 0 spiro atoms. The molecule has 2 amide bonds. The number of alkyl halides is 2. The van der Waals surface area contributed by atoms with Crippen LogP contribution in [-0.2, 0) is 25.7 Å². The van der Waals surface area contributed by atoms with Gasteiger partial charge in [-0.1, -0.05) is 11.6 Å². The van der Waals surface area contributed by atoms with E-state index in [0.717, 1.165) is 39.0 Å². The summed E-state index contributed by atoms with van der Waals surface area (Å²) < 4.78 is 38.0. The summed E-state index contributed by atoms with van der Waals surface area (Å²) in [7, 11) is 0. The molecule has 268 valence electrons. The molecule has 4 aliphatic heterocycles. The number of hydrogen-bond acceptors (Lipinski definition) is 11. The van der Waals surface area contributed by atoms with Gasteiger partial charge in [-0.2, -0.15) is 13.9 Å². The van der Waals surface area contributed by atoms with Crippen LogP contribution in [0.2, 0.25) is 5.02 Å². The Hall–Kier alpha value is -4.38. The lowest BCUT2D eigenvalue weighted by molar-refractivity contribution is -0.149. The van der Waals surface area contributed by atoms with E-state index in [1.54, 1.807) is 28.4 Å². The molecular weight excluding hydrogens is 676 g/mol. The van der Waals surface area contributed by atoms with Crippen molar-refractivity contribution in [1.82, 2.24) is 34.9 Å². The number of aromatic nitrogens is 2. The SMILES string of the molecule is CCOC(=O)C1CCN(CCN2CCN(C(=O)Cn3cc(NC(=O)C4=C5N=CC=CN5NC4)c(-c4cc(Cl)ccc4OC(F)F)n3)CC2)CC1. The first kappa shape index (κ1) is 35.4. The minimum absolute atomic E-state index is 0.0186. The predicted molar refractivity (Wildman–Crippen MR) is 181 cm³/mol. The monoisotopic (exact) mass is 715 g/mol. The molecule has 1 aromatic heterocycles. The second-order valence-electron chi connectivity index (χ2n) is 12.3. The van der Waals surface area contributed by atoms with Crippen molar-refractivity contribution in [2.45, 2.75) is 32.9 Å². The molecule has 2 N–H and O–H groups in total. The number of likely N-dealkylation sites (tertiary alicyclic amines) is 1. The summed E-state index contributed by atoms with van der Waals surface area (Å²) >= 11 is 6.25. The van der Waals surface area contributed by atoms with E-state index < -0.39 is 12.5 Å². The Labute approximate surface area is 293 Å². The zero-order chi connectivity index (χ0) is 35.2. The number of hydrogen-bond donors (Lipinski definition) is 2. The van der Waals surface area contributed by atoms with Gasteiger partial charge in [-0.15, -0.1) is 0 Å². The molecule has 0 aliphatic carbocycles. The van der Waals surface area contributed by atoms with E-state index in [9.17, 15) is 23.2 Å². The Kier molecular flexibility index (Phi) is 11.4. The van der Waals surface area contributed by atoms with Crippen molar-refractivity contribution in [2.24, 2.45) is 10.9 Å². The maximum absolute atomic E-state index is 13.5. The lowest BCUT2D eigenvalue weighted by atomic mass is 9.97. The van der Waals surface area contributed by atoms with Crippen LogP contribution in [0.1, 0.15) is 19.8 Å². The van der Waals surface area contributed by atoms with Crippen molar-refractivity contribution in [2.75, 3.05) is 70.8 Å². The van der Waals surface area contributed by atoms with Gasteiger partial charge in [0.15, 0.2) is 5.82 Å². The van der Waals surface area contributed by atoms with Gasteiger partial charge in [0, 0.05) is 75.0 Å². The van der Waals surface area contributed by atoms with Crippen molar-refractivity contribution in [3.8, 4) is 17.0 Å². The Morgan fingerprint density at radius 2 is 1.82 bits per heavy atom. The summed E-state index contributed by atoms with van der Waals surface area (Å²) in [4.78, 5) is 49.7. The molecule has 5 heterocycles. The number of allylic oxidation sites excluding steroid dienone is 1. The van der Waals surface area contributed by atoms with Gasteiger partial charge in [-0.3, -0.25) is 29.0 Å². The molecule has 14 nitrogen and oxygen atoms in total. The van der Waals surface area contributed by atoms with Crippen LogP contribution in [0.15, 0.2) is 53.1 Å². The molecule has 17 heteroatoms. The fraction of sp³-hybridized carbons (Fsp3) is 0.485.